The van der Waals surface area contributed by atoms with E-state index in [0.717, 1.165) is 19.3 Å². The Hall–Kier alpha value is -1.91. The van der Waals surface area contributed by atoms with Crippen molar-refractivity contribution in [2.45, 2.75) is 52.1 Å². The summed E-state index contributed by atoms with van der Waals surface area (Å²) < 4.78 is 0. The Morgan fingerprint density at radius 1 is 1.45 bits per heavy atom. The number of hydrogen-bond donors (Lipinski definition) is 0. The van der Waals surface area contributed by atoms with E-state index in [0.29, 0.717) is 23.3 Å². The Morgan fingerprint density at radius 2 is 2.15 bits per heavy atom. The highest BCUT2D eigenvalue weighted by Crippen LogP contribution is 2.38. The van der Waals surface area contributed by atoms with Gasteiger partial charge in [-0.05, 0) is 45.2 Å². The van der Waals surface area contributed by atoms with Crippen LogP contribution in [-0.2, 0) is 0 Å². The molecular formula is C15H20N2O3. The first-order chi connectivity index (χ1) is 9.45. The Morgan fingerprint density at radius 3 is 2.70 bits per heavy atom. The van der Waals surface area contributed by atoms with Gasteiger partial charge < -0.3 is 4.90 Å². The molecule has 0 saturated carbocycles. The van der Waals surface area contributed by atoms with Crippen molar-refractivity contribution in [3.63, 3.8) is 0 Å². The molecule has 1 aliphatic rings. The maximum Gasteiger partial charge on any atom is 0.293 e. The van der Waals surface area contributed by atoms with Crippen LogP contribution in [0.2, 0.25) is 0 Å². The first kappa shape index (κ1) is 14.5. The zero-order valence-corrected chi connectivity index (χ0v) is 12.1. The van der Waals surface area contributed by atoms with Crippen LogP contribution in [0.25, 0.3) is 0 Å². The number of nitro groups is 1. The van der Waals surface area contributed by atoms with E-state index in [1.807, 2.05) is 0 Å². The molecule has 1 fully saturated rings. The van der Waals surface area contributed by atoms with Gasteiger partial charge in [-0.1, -0.05) is 6.92 Å². The van der Waals surface area contributed by atoms with Gasteiger partial charge >= 0.3 is 0 Å². The highest BCUT2D eigenvalue weighted by Gasteiger charge is 2.33. The molecule has 1 heterocycles. The fraction of sp³-hybridized carbons (Fsp3) is 0.533. The summed E-state index contributed by atoms with van der Waals surface area (Å²) in [5.41, 5.74) is 1.06. The second-order valence-electron chi connectivity index (χ2n) is 5.41. The van der Waals surface area contributed by atoms with Gasteiger partial charge in [-0.25, -0.2) is 0 Å². The number of nitro benzene ring substituents is 1. The summed E-state index contributed by atoms with van der Waals surface area (Å²) in [4.78, 5) is 24.5. The van der Waals surface area contributed by atoms with Crippen molar-refractivity contribution < 1.29 is 9.72 Å². The predicted octanol–water partition coefficient (Wildman–Crippen LogP) is 3.56. The number of Topliss-reactive ketones (excluding diaryl/α,β-unsaturated/α-hetero) is 1. The first-order valence-corrected chi connectivity index (χ1v) is 7.03. The number of benzene rings is 1. The van der Waals surface area contributed by atoms with Crippen molar-refractivity contribution in [1.29, 1.82) is 0 Å². The second-order valence-corrected chi connectivity index (χ2v) is 5.41. The fourth-order valence-electron chi connectivity index (χ4n) is 3.01. The molecule has 0 radical (unpaired) electrons. The van der Waals surface area contributed by atoms with Gasteiger partial charge in [0.25, 0.3) is 5.69 Å². The molecule has 2 rings (SSSR count). The van der Waals surface area contributed by atoms with E-state index in [9.17, 15) is 14.9 Å². The minimum atomic E-state index is -0.389. The van der Waals surface area contributed by atoms with Gasteiger partial charge in [0.2, 0.25) is 0 Å². The van der Waals surface area contributed by atoms with Crippen LogP contribution in [-0.4, -0.2) is 22.8 Å². The molecule has 20 heavy (non-hydrogen) atoms. The molecule has 0 spiro atoms. The minimum absolute atomic E-state index is 0.0323. The van der Waals surface area contributed by atoms with Crippen LogP contribution in [0.15, 0.2) is 18.2 Å². The third kappa shape index (κ3) is 2.53. The van der Waals surface area contributed by atoms with Gasteiger partial charge in [0.1, 0.15) is 5.69 Å². The normalized spacial score (nSPS) is 22.1. The molecule has 108 valence electrons. The van der Waals surface area contributed by atoms with Gasteiger partial charge in [-0.3, -0.25) is 14.9 Å². The van der Waals surface area contributed by atoms with Gasteiger partial charge in [-0.15, -0.1) is 0 Å². The van der Waals surface area contributed by atoms with Crippen molar-refractivity contribution in [2.24, 2.45) is 0 Å². The predicted molar refractivity (Wildman–Crippen MR) is 78.4 cm³/mol. The van der Waals surface area contributed by atoms with Crippen LogP contribution in [0, 0.1) is 10.1 Å². The lowest BCUT2D eigenvalue weighted by atomic mass is 10.1. The smallest absolute Gasteiger partial charge is 0.293 e. The van der Waals surface area contributed by atoms with E-state index >= 15 is 0 Å². The van der Waals surface area contributed by atoms with Crippen molar-refractivity contribution in [1.82, 2.24) is 0 Å². The second kappa shape index (κ2) is 5.61. The average Bonchev–Trinajstić information content (AvgIpc) is 2.78. The number of carbonyl (C=O) groups excluding carboxylic acids is 1. The Bertz CT molecular complexity index is 542. The van der Waals surface area contributed by atoms with E-state index < -0.39 is 0 Å². The fourth-order valence-corrected chi connectivity index (χ4v) is 3.01. The number of hydrogen-bond acceptors (Lipinski definition) is 4. The molecule has 5 heteroatoms. The molecule has 5 nitrogen and oxygen atoms in total. The zero-order valence-electron chi connectivity index (χ0n) is 12.1. The Kier molecular flexibility index (Phi) is 4.06. The van der Waals surface area contributed by atoms with Crippen molar-refractivity contribution in [3.8, 4) is 0 Å². The van der Waals surface area contributed by atoms with Crippen LogP contribution < -0.4 is 4.90 Å². The van der Waals surface area contributed by atoms with Crippen LogP contribution in [0.5, 0.6) is 0 Å². The molecule has 1 aromatic carbocycles. The SMILES string of the molecule is CCC1CCC(C)N1c1ccc(C(C)=O)cc1[N+](=O)[O-]. The number of carbonyl (C=O) groups is 1. The monoisotopic (exact) mass is 276 g/mol. The molecule has 2 atom stereocenters. The van der Waals surface area contributed by atoms with E-state index in [2.05, 4.69) is 18.7 Å². The minimum Gasteiger partial charge on any atom is -0.360 e. The Labute approximate surface area is 118 Å². The highest BCUT2D eigenvalue weighted by molar-refractivity contribution is 5.95. The largest absolute Gasteiger partial charge is 0.360 e. The van der Waals surface area contributed by atoms with E-state index in [-0.39, 0.29) is 16.4 Å². The number of nitrogens with zero attached hydrogens (tertiary/aromatic N) is 2. The van der Waals surface area contributed by atoms with Crippen LogP contribution in [0.1, 0.15) is 50.4 Å². The average molecular weight is 276 g/mol. The van der Waals surface area contributed by atoms with E-state index in [4.69, 9.17) is 0 Å². The first-order valence-electron chi connectivity index (χ1n) is 7.03. The van der Waals surface area contributed by atoms with E-state index in [1.165, 1.54) is 13.0 Å². The molecule has 0 aliphatic carbocycles. The molecule has 1 aliphatic heterocycles. The molecule has 1 saturated heterocycles. The van der Waals surface area contributed by atoms with Crippen LogP contribution in [0.3, 0.4) is 0 Å². The number of rotatable bonds is 4. The summed E-state index contributed by atoms with van der Waals surface area (Å²) in [5, 5.41) is 11.3. The highest BCUT2D eigenvalue weighted by atomic mass is 16.6. The summed E-state index contributed by atoms with van der Waals surface area (Å²) in [6.45, 7) is 5.62. The van der Waals surface area contributed by atoms with Gasteiger partial charge in [0.15, 0.2) is 5.78 Å². The maximum absolute atomic E-state index is 11.4. The lowest BCUT2D eigenvalue weighted by Gasteiger charge is -2.30. The Balaban J connectivity index is 2.50. The van der Waals surface area contributed by atoms with Gasteiger partial charge in [-0.2, -0.15) is 0 Å². The van der Waals surface area contributed by atoms with E-state index in [1.54, 1.807) is 12.1 Å². The lowest BCUT2D eigenvalue weighted by molar-refractivity contribution is -0.384. The van der Waals surface area contributed by atoms with Crippen molar-refractivity contribution in [3.05, 3.63) is 33.9 Å². The summed E-state index contributed by atoms with van der Waals surface area (Å²) >= 11 is 0. The van der Waals surface area contributed by atoms with Gasteiger partial charge in [0, 0.05) is 23.7 Å². The lowest BCUT2D eigenvalue weighted by Crippen LogP contribution is -2.34. The third-order valence-electron chi connectivity index (χ3n) is 4.11. The van der Waals surface area contributed by atoms with Crippen LogP contribution in [0.4, 0.5) is 11.4 Å². The topological polar surface area (TPSA) is 63.5 Å². The number of anilines is 1. The zero-order chi connectivity index (χ0) is 14.9. The summed E-state index contributed by atoms with van der Waals surface area (Å²) in [7, 11) is 0. The quantitative estimate of drug-likeness (QED) is 0.479. The molecule has 2 unspecified atom stereocenters. The molecule has 1 aromatic rings. The summed E-state index contributed by atoms with van der Waals surface area (Å²) in [5.74, 6) is -0.152. The molecular weight excluding hydrogens is 256 g/mol. The van der Waals surface area contributed by atoms with Gasteiger partial charge in [0.05, 0.1) is 4.92 Å². The standard InChI is InChI=1S/C15H20N2O3/c1-4-13-7-5-10(2)16(13)14-8-6-12(11(3)18)9-15(14)17(19)20/h6,8-10,13H,4-5,7H2,1-3H3. The van der Waals surface area contributed by atoms with Crippen molar-refractivity contribution >= 4 is 17.2 Å². The third-order valence-corrected chi connectivity index (χ3v) is 4.11. The molecule has 0 bridgehead atoms. The number of ketones is 1. The van der Waals surface area contributed by atoms with Crippen LogP contribution >= 0.6 is 0 Å². The van der Waals surface area contributed by atoms with Crippen molar-refractivity contribution in [2.75, 3.05) is 4.90 Å². The molecule has 0 N–H and O–H groups in total. The maximum atomic E-state index is 11.4. The summed E-state index contributed by atoms with van der Waals surface area (Å²) in [6.07, 6.45) is 3.07. The molecule has 0 aromatic heterocycles. The molecule has 0 amide bonds. The summed E-state index contributed by atoms with van der Waals surface area (Å²) in [6, 6.07) is 5.44.